The van der Waals surface area contributed by atoms with Crippen molar-refractivity contribution in [3.8, 4) is 22.3 Å². The Balaban J connectivity index is 1.54. The van der Waals surface area contributed by atoms with Crippen molar-refractivity contribution in [2.24, 2.45) is 0 Å². The summed E-state index contributed by atoms with van der Waals surface area (Å²) < 4.78 is 0. The molecular formula is C46H45N. The largest absolute Gasteiger partial charge is 0.310 e. The molecule has 5 aromatic carbocycles. The number of hydrogen-bond donors (Lipinski definition) is 0. The van der Waals surface area contributed by atoms with Gasteiger partial charge in [-0.05, 0) is 118 Å². The van der Waals surface area contributed by atoms with Crippen molar-refractivity contribution in [1.29, 1.82) is 0 Å². The molecule has 2 aliphatic rings. The van der Waals surface area contributed by atoms with Gasteiger partial charge in [0.25, 0.3) is 0 Å². The minimum Gasteiger partial charge on any atom is -0.310 e. The SMILES string of the molecule is C=C(/C=C\C)C1(C(=C)CC)c2ccccc2-c2ccc(N(c3ccc(CC)c(C)c3)c3cccc4c3C(C)(C)c3ccccc3-4)cc21. The molecule has 0 aliphatic heterocycles. The number of allylic oxidation sites excluding steroid dienone is 4. The highest BCUT2D eigenvalue weighted by molar-refractivity contribution is 5.93. The fraction of sp³-hybridized carbons (Fsp3) is 0.217. The number of aryl methyl sites for hydroxylation is 2. The highest BCUT2D eigenvalue weighted by Crippen LogP contribution is 2.59. The Labute approximate surface area is 281 Å². The van der Waals surface area contributed by atoms with Crippen LogP contribution in [0, 0.1) is 6.92 Å². The van der Waals surface area contributed by atoms with Crippen LogP contribution in [-0.2, 0) is 17.3 Å². The van der Waals surface area contributed by atoms with E-state index in [0.717, 1.165) is 29.7 Å². The third kappa shape index (κ3) is 4.36. The van der Waals surface area contributed by atoms with Crippen molar-refractivity contribution in [1.82, 2.24) is 0 Å². The smallest absolute Gasteiger partial charge is 0.0665 e. The molecule has 0 aromatic heterocycles. The second-order valence-corrected chi connectivity index (χ2v) is 13.7. The van der Waals surface area contributed by atoms with Crippen LogP contribution in [0.15, 0.2) is 140 Å². The predicted molar refractivity (Wildman–Crippen MR) is 202 cm³/mol. The Morgan fingerprint density at radius 2 is 1.32 bits per heavy atom. The van der Waals surface area contributed by atoms with E-state index in [0.29, 0.717) is 0 Å². The summed E-state index contributed by atoms with van der Waals surface area (Å²) in [6, 6.07) is 38.7. The normalized spacial score (nSPS) is 16.8. The van der Waals surface area contributed by atoms with Crippen LogP contribution >= 0.6 is 0 Å². The van der Waals surface area contributed by atoms with Crippen LogP contribution in [0.1, 0.15) is 74.4 Å². The Kier molecular flexibility index (Phi) is 7.48. The monoisotopic (exact) mass is 611 g/mol. The van der Waals surface area contributed by atoms with Gasteiger partial charge in [-0.15, -0.1) is 0 Å². The number of benzene rings is 5. The number of anilines is 3. The van der Waals surface area contributed by atoms with Gasteiger partial charge in [0.1, 0.15) is 0 Å². The molecule has 0 spiro atoms. The summed E-state index contributed by atoms with van der Waals surface area (Å²) in [4.78, 5) is 2.50. The Hall–Kier alpha value is -4.88. The van der Waals surface area contributed by atoms with Gasteiger partial charge in [-0.25, -0.2) is 0 Å². The van der Waals surface area contributed by atoms with Gasteiger partial charge in [0.05, 0.1) is 11.1 Å². The van der Waals surface area contributed by atoms with Gasteiger partial charge in [-0.1, -0.05) is 131 Å². The van der Waals surface area contributed by atoms with E-state index in [1.54, 1.807) is 0 Å². The molecule has 0 radical (unpaired) electrons. The Morgan fingerprint density at radius 1 is 0.702 bits per heavy atom. The number of nitrogens with zero attached hydrogens (tertiary/aromatic N) is 1. The maximum absolute atomic E-state index is 4.73. The topological polar surface area (TPSA) is 3.24 Å². The van der Waals surface area contributed by atoms with E-state index in [9.17, 15) is 0 Å². The van der Waals surface area contributed by atoms with Crippen LogP contribution in [0.2, 0.25) is 0 Å². The lowest BCUT2D eigenvalue weighted by Gasteiger charge is -2.37. The van der Waals surface area contributed by atoms with E-state index in [4.69, 9.17) is 13.2 Å². The third-order valence-electron chi connectivity index (χ3n) is 10.9. The summed E-state index contributed by atoms with van der Waals surface area (Å²) >= 11 is 0. The third-order valence-corrected chi connectivity index (χ3v) is 10.9. The molecule has 1 heteroatoms. The summed E-state index contributed by atoms with van der Waals surface area (Å²) in [5.41, 5.74) is 18.2. The Bertz CT molecular complexity index is 2100. The molecule has 0 saturated heterocycles. The molecule has 0 heterocycles. The molecule has 5 aromatic rings. The second kappa shape index (κ2) is 11.4. The van der Waals surface area contributed by atoms with Crippen LogP contribution < -0.4 is 4.90 Å². The van der Waals surface area contributed by atoms with Gasteiger partial charge in [-0.2, -0.15) is 0 Å². The first-order chi connectivity index (χ1) is 22.7. The minimum absolute atomic E-state index is 0.160. The summed E-state index contributed by atoms with van der Waals surface area (Å²) in [5.74, 6) is 0. The van der Waals surface area contributed by atoms with Gasteiger partial charge < -0.3 is 4.90 Å². The molecule has 2 aliphatic carbocycles. The fourth-order valence-corrected chi connectivity index (χ4v) is 8.60. The van der Waals surface area contributed by atoms with E-state index in [1.165, 1.54) is 67.0 Å². The van der Waals surface area contributed by atoms with E-state index in [2.05, 4.69) is 162 Å². The lowest BCUT2D eigenvalue weighted by Crippen LogP contribution is -2.29. The molecule has 7 rings (SSSR count). The molecule has 1 nitrogen and oxygen atoms in total. The van der Waals surface area contributed by atoms with Crippen molar-refractivity contribution < 1.29 is 0 Å². The quantitative estimate of drug-likeness (QED) is 0.125. The molecule has 0 amide bonds. The standard InChI is InChI=1S/C46H45N/c1-9-17-32(6)46(31(5)10-2)41-22-15-13-18-36(41)38-27-26-35(29-42(38)46)47(34-25-24-33(11-3)30(4)28-34)43-23-16-20-39-37-19-12-14-21-40(37)45(7,8)44(39)43/h9,12-29H,5-6,10-11H2,1-4,7-8H3/b17-9-. The maximum Gasteiger partial charge on any atom is 0.0665 e. The predicted octanol–water partition coefficient (Wildman–Crippen LogP) is 12.7. The first-order valence-electron chi connectivity index (χ1n) is 17.1. The lowest BCUT2D eigenvalue weighted by atomic mass is 9.66. The summed E-state index contributed by atoms with van der Waals surface area (Å²) in [6.45, 7) is 23.0. The number of rotatable bonds is 8. The van der Waals surface area contributed by atoms with Crippen molar-refractivity contribution in [2.45, 2.75) is 65.2 Å². The number of hydrogen-bond acceptors (Lipinski definition) is 1. The van der Waals surface area contributed by atoms with Crippen LogP contribution in [0.5, 0.6) is 0 Å². The van der Waals surface area contributed by atoms with Gasteiger partial charge in [0.15, 0.2) is 0 Å². The van der Waals surface area contributed by atoms with Crippen LogP contribution in [0.4, 0.5) is 17.1 Å². The van der Waals surface area contributed by atoms with Gasteiger partial charge >= 0.3 is 0 Å². The average molecular weight is 612 g/mol. The highest BCUT2D eigenvalue weighted by Gasteiger charge is 2.46. The van der Waals surface area contributed by atoms with Crippen molar-refractivity contribution in [2.75, 3.05) is 4.90 Å². The second-order valence-electron chi connectivity index (χ2n) is 13.7. The maximum atomic E-state index is 4.73. The highest BCUT2D eigenvalue weighted by atomic mass is 15.1. The van der Waals surface area contributed by atoms with Gasteiger partial charge in [0, 0.05) is 16.8 Å². The summed E-state index contributed by atoms with van der Waals surface area (Å²) in [5, 5.41) is 0. The Morgan fingerprint density at radius 3 is 2.00 bits per heavy atom. The van der Waals surface area contributed by atoms with Crippen molar-refractivity contribution in [3.05, 3.63) is 173 Å². The molecule has 1 unspecified atom stereocenters. The van der Waals surface area contributed by atoms with Crippen LogP contribution in [-0.4, -0.2) is 0 Å². The first kappa shape index (κ1) is 30.8. The molecule has 0 N–H and O–H groups in total. The minimum atomic E-state index is -0.509. The fourth-order valence-electron chi connectivity index (χ4n) is 8.60. The van der Waals surface area contributed by atoms with E-state index in [1.807, 2.05) is 0 Å². The van der Waals surface area contributed by atoms with Gasteiger partial charge in [0.2, 0.25) is 0 Å². The lowest BCUT2D eigenvalue weighted by molar-refractivity contribution is 0.660. The zero-order chi connectivity index (χ0) is 33.1. The molecule has 47 heavy (non-hydrogen) atoms. The molecule has 0 fully saturated rings. The van der Waals surface area contributed by atoms with Crippen LogP contribution in [0.25, 0.3) is 22.3 Å². The molecule has 0 bridgehead atoms. The van der Waals surface area contributed by atoms with E-state index >= 15 is 0 Å². The van der Waals surface area contributed by atoms with Crippen LogP contribution in [0.3, 0.4) is 0 Å². The molecule has 0 saturated carbocycles. The summed E-state index contributed by atoms with van der Waals surface area (Å²) in [7, 11) is 0. The van der Waals surface area contributed by atoms with Crippen molar-refractivity contribution in [3.63, 3.8) is 0 Å². The molecular weight excluding hydrogens is 567 g/mol. The zero-order valence-electron chi connectivity index (χ0n) is 28.7. The first-order valence-corrected chi connectivity index (χ1v) is 17.1. The van der Waals surface area contributed by atoms with E-state index < -0.39 is 5.41 Å². The average Bonchev–Trinajstić information content (AvgIpc) is 3.51. The zero-order valence-corrected chi connectivity index (χ0v) is 28.7. The summed E-state index contributed by atoms with van der Waals surface area (Å²) in [6.07, 6.45) is 6.15. The van der Waals surface area contributed by atoms with E-state index in [-0.39, 0.29) is 5.41 Å². The molecule has 1 atom stereocenters. The van der Waals surface area contributed by atoms with Crippen molar-refractivity contribution >= 4 is 17.1 Å². The molecule has 234 valence electrons. The van der Waals surface area contributed by atoms with Gasteiger partial charge in [-0.3, -0.25) is 0 Å². The number of fused-ring (bicyclic) bond motifs is 6.